The van der Waals surface area contributed by atoms with E-state index in [1.165, 1.54) is 0 Å². The predicted octanol–water partition coefficient (Wildman–Crippen LogP) is -0.299. The van der Waals surface area contributed by atoms with Gasteiger partial charge in [-0.15, -0.1) is 0 Å². The molecule has 2 amide bonds. The molecule has 1 aromatic rings. The number of benzene rings is 1. The minimum Gasteiger partial charge on any atom is -0.383 e. The fourth-order valence-corrected chi connectivity index (χ4v) is 2.38. The number of nitrogens with one attached hydrogen (secondary N) is 2. The van der Waals surface area contributed by atoms with Crippen LogP contribution in [0.5, 0.6) is 0 Å². The molecule has 0 heterocycles. The van der Waals surface area contributed by atoms with Crippen molar-refractivity contribution < 1.29 is 19.2 Å². The maximum atomic E-state index is 12.6. The molecule has 0 fully saturated rings. The second-order valence-corrected chi connectivity index (χ2v) is 6.33. The second kappa shape index (κ2) is 10.8. The van der Waals surface area contributed by atoms with Gasteiger partial charge in [-0.3, -0.25) is 9.59 Å². The highest BCUT2D eigenvalue weighted by atomic mass is 16.5. The normalized spacial score (nSPS) is 12.0. The van der Waals surface area contributed by atoms with Crippen molar-refractivity contribution in [3.8, 4) is 0 Å². The molecule has 6 nitrogen and oxygen atoms in total. The monoisotopic (exact) mass is 336 g/mol. The zero-order valence-corrected chi connectivity index (χ0v) is 15.2. The van der Waals surface area contributed by atoms with E-state index in [1.807, 2.05) is 51.2 Å². The average Bonchev–Trinajstić information content (AvgIpc) is 2.51. The average molecular weight is 336 g/mol. The van der Waals surface area contributed by atoms with Crippen LogP contribution in [0.2, 0.25) is 0 Å². The Kier molecular flexibility index (Phi) is 9.04. The van der Waals surface area contributed by atoms with Crippen LogP contribution < -0.4 is 10.2 Å². The lowest BCUT2D eigenvalue weighted by Gasteiger charge is -2.24. The van der Waals surface area contributed by atoms with Gasteiger partial charge in [-0.05, 0) is 19.4 Å². The Bertz CT molecular complexity index is 505. The van der Waals surface area contributed by atoms with Gasteiger partial charge in [0.05, 0.1) is 13.7 Å². The summed E-state index contributed by atoms with van der Waals surface area (Å²) in [5, 5.41) is 2.85. The molecule has 1 unspecified atom stereocenters. The number of quaternary nitrogens is 1. The molecule has 0 saturated carbocycles. The van der Waals surface area contributed by atoms with Crippen LogP contribution in [0.25, 0.3) is 0 Å². The largest absolute Gasteiger partial charge is 0.383 e. The molecule has 0 aliphatic carbocycles. The number of rotatable bonds is 10. The van der Waals surface area contributed by atoms with Crippen molar-refractivity contribution in [1.29, 1.82) is 0 Å². The maximum Gasteiger partial charge on any atom is 0.278 e. The first kappa shape index (κ1) is 20.1. The van der Waals surface area contributed by atoms with Crippen molar-refractivity contribution in [2.45, 2.75) is 26.4 Å². The third-order valence-electron chi connectivity index (χ3n) is 3.50. The van der Waals surface area contributed by atoms with Gasteiger partial charge in [0.25, 0.3) is 11.8 Å². The van der Waals surface area contributed by atoms with Gasteiger partial charge in [-0.1, -0.05) is 30.3 Å². The van der Waals surface area contributed by atoms with Crippen LogP contribution in [0.1, 0.15) is 19.4 Å². The summed E-state index contributed by atoms with van der Waals surface area (Å²) in [4.78, 5) is 27.0. The van der Waals surface area contributed by atoms with Crippen molar-refractivity contribution in [3.63, 3.8) is 0 Å². The molecule has 1 rings (SSSR count). The van der Waals surface area contributed by atoms with Crippen molar-refractivity contribution in [2.24, 2.45) is 0 Å². The van der Waals surface area contributed by atoms with Crippen molar-refractivity contribution >= 4 is 11.8 Å². The highest BCUT2D eigenvalue weighted by Crippen LogP contribution is 2.04. The lowest BCUT2D eigenvalue weighted by molar-refractivity contribution is -0.863. The number of nitrogens with zero attached hydrogens (tertiary/aromatic N) is 1. The number of carbonyl (C=O) groups excluding carboxylic acids is 2. The van der Waals surface area contributed by atoms with Gasteiger partial charge >= 0.3 is 0 Å². The Balaban J connectivity index is 2.58. The molecule has 0 aliphatic heterocycles. The fourth-order valence-electron chi connectivity index (χ4n) is 2.38. The van der Waals surface area contributed by atoms with Crippen LogP contribution in [0.4, 0.5) is 0 Å². The third kappa shape index (κ3) is 8.08. The van der Waals surface area contributed by atoms with E-state index in [9.17, 15) is 9.59 Å². The summed E-state index contributed by atoms with van der Waals surface area (Å²) in [5.41, 5.74) is 1.08. The first-order chi connectivity index (χ1) is 11.4. The van der Waals surface area contributed by atoms with E-state index in [1.54, 1.807) is 12.0 Å². The van der Waals surface area contributed by atoms with Crippen molar-refractivity contribution in [2.75, 3.05) is 40.4 Å². The molecule has 0 saturated heterocycles. The lowest BCUT2D eigenvalue weighted by atomic mass is 10.2. The Morgan fingerprint density at radius 2 is 1.88 bits per heavy atom. The Morgan fingerprint density at radius 1 is 1.21 bits per heavy atom. The standard InChI is InChI=1S/C18H29N3O3/c1-15(2)19-17(22)13-20(3)14-18(23)21(10-11-24-4)12-16-8-6-5-7-9-16/h5-9,15H,10-14H2,1-4H3,(H,19,22)/p+1. The van der Waals surface area contributed by atoms with Gasteiger partial charge < -0.3 is 19.9 Å². The van der Waals surface area contributed by atoms with Crippen molar-refractivity contribution in [3.05, 3.63) is 35.9 Å². The topological polar surface area (TPSA) is 63.1 Å². The van der Waals surface area contributed by atoms with E-state index in [0.29, 0.717) is 19.7 Å². The maximum absolute atomic E-state index is 12.6. The molecule has 0 spiro atoms. The van der Waals surface area contributed by atoms with E-state index in [2.05, 4.69) is 5.32 Å². The minimum atomic E-state index is -0.0400. The first-order valence-electron chi connectivity index (χ1n) is 8.33. The fraction of sp³-hybridized carbons (Fsp3) is 0.556. The van der Waals surface area contributed by atoms with E-state index in [0.717, 1.165) is 10.5 Å². The summed E-state index contributed by atoms with van der Waals surface area (Å²) in [6.45, 7) is 5.99. The predicted molar refractivity (Wildman–Crippen MR) is 93.6 cm³/mol. The van der Waals surface area contributed by atoms with Gasteiger partial charge in [0.1, 0.15) is 0 Å². The van der Waals surface area contributed by atoms with E-state index in [4.69, 9.17) is 4.74 Å². The molecule has 0 bridgehead atoms. The van der Waals surface area contributed by atoms with Crippen LogP contribution in [0.15, 0.2) is 30.3 Å². The highest BCUT2D eigenvalue weighted by Gasteiger charge is 2.20. The van der Waals surface area contributed by atoms with Crippen LogP contribution in [-0.2, 0) is 20.9 Å². The zero-order chi connectivity index (χ0) is 17.9. The summed E-state index contributed by atoms with van der Waals surface area (Å²) in [6, 6.07) is 9.98. The molecule has 134 valence electrons. The van der Waals surface area contributed by atoms with Gasteiger partial charge in [-0.2, -0.15) is 0 Å². The molecule has 1 aromatic carbocycles. The van der Waals surface area contributed by atoms with Gasteiger partial charge in [-0.25, -0.2) is 0 Å². The molecule has 0 aliphatic rings. The number of hydrogen-bond acceptors (Lipinski definition) is 3. The molecule has 0 aromatic heterocycles. The Morgan fingerprint density at radius 3 is 2.46 bits per heavy atom. The van der Waals surface area contributed by atoms with Crippen LogP contribution in [0, 0.1) is 0 Å². The second-order valence-electron chi connectivity index (χ2n) is 6.33. The molecule has 24 heavy (non-hydrogen) atoms. The van der Waals surface area contributed by atoms with Crippen molar-refractivity contribution in [1.82, 2.24) is 10.2 Å². The van der Waals surface area contributed by atoms with E-state index in [-0.39, 0.29) is 30.9 Å². The molecule has 2 N–H and O–H groups in total. The Hall–Kier alpha value is -1.92. The summed E-state index contributed by atoms with van der Waals surface area (Å²) in [6.07, 6.45) is 0. The van der Waals surface area contributed by atoms with Crippen LogP contribution in [0.3, 0.4) is 0 Å². The zero-order valence-electron chi connectivity index (χ0n) is 15.2. The number of amides is 2. The lowest BCUT2D eigenvalue weighted by Crippen LogP contribution is -3.11. The van der Waals surface area contributed by atoms with Gasteiger partial charge in [0.15, 0.2) is 13.1 Å². The van der Waals surface area contributed by atoms with E-state index < -0.39 is 0 Å². The van der Waals surface area contributed by atoms with Gasteiger partial charge in [0, 0.05) is 26.2 Å². The molecule has 1 atom stereocenters. The number of hydrogen-bond donors (Lipinski definition) is 2. The summed E-state index contributed by atoms with van der Waals surface area (Å²) in [7, 11) is 3.48. The number of ether oxygens (including phenoxy) is 1. The number of methoxy groups -OCH3 is 1. The van der Waals surface area contributed by atoms with E-state index >= 15 is 0 Å². The number of carbonyl (C=O) groups is 2. The van der Waals surface area contributed by atoms with Crippen LogP contribution >= 0.6 is 0 Å². The molecular formula is C18H30N3O3+. The number of likely N-dealkylation sites (N-methyl/N-ethyl adjacent to an activating group) is 1. The summed E-state index contributed by atoms with van der Waals surface area (Å²) < 4.78 is 5.11. The smallest absolute Gasteiger partial charge is 0.278 e. The third-order valence-corrected chi connectivity index (χ3v) is 3.50. The van der Waals surface area contributed by atoms with Gasteiger partial charge in [0.2, 0.25) is 0 Å². The first-order valence-corrected chi connectivity index (χ1v) is 8.33. The summed E-state index contributed by atoms with van der Waals surface area (Å²) >= 11 is 0. The van der Waals surface area contributed by atoms with Crippen LogP contribution in [-0.4, -0.2) is 63.2 Å². The molecule has 6 heteroatoms. The summed E-state index contributed by atoms with van der Waals surface area (Å²) in [5.74, 6) is -0.0208. The minimum absolute atomic E-state index is 0.0192. The Labute approximate surface area is 144 Å². The molecule has 0 radical (unpaired) electrons. The highest BCUT2D eigenvalue weighted by molar-refractivity contribution is 5.79. The molecular weight excluding hydrogens is 306 g/mol. The quantitative estimate of drug-likeness (QED) is 0.617. The SMILES string of the molecule is COCCN(Cc1ccccc1)C(=O)C[NH+](C)CC(=O)NC(C)C.